The van der Waals surface area contributed by atoms with Crippen LogP contribution in [0.4, 0.5) is 0 Å². The summed E-state index contributed by atoms with van der Waals surface area (Å²) in [6, 6.07) is 0. The molecule has 0 bridgehead atoms. The molecule has 4 rings (SSSR count). The Morgan fingerprint density at radius 2 is 2.04 bits per heavy atom. The Kier molecular flexibility index (Phi) is 5.27. The second kappa shape index (κ2) is 7.67. The maximum absolute atomic E-state index is 12.5. The van der Waals surface area contributed by atoms with Crippen molar-refractivity contribution >= 4 is 27.5 Å². The van der Waals surface area contributed by atoms with Gasteiger partial charge in [-0.1, -0.05) is 0 Å². The molecule has 8 nitrogen and oxygen atoms in total. The van der Waals surface area contributed by atoms with Crippen molar-refractivity contribution in [2.45, 2.75) is 32.6 Å². The molecule has 2 saturated heterocycles. The normalized spacial score (nSPS) is 19.8. The first-order valence-corrected chi connectivity index (χ1v) is 9.94. The molecule has 2 aliphatic rings. The number of H-pyrrole nitrogens is 1. The van der Waals surface area contributed by atoms with Gasteiger partial charge in [0.1, 0.15) is 15.5 Å². The lowest BCUT2D eigenvalue weighted by Gasteiger charge is -2.33. The van der Waals surface area contributed by atoms with Gasteiger partial charge in [-0.15, -0.1) is 11.3 Å². The van der Waals surface area contributed by atoms with Gasteiger partial charge >= 0.3 is 5.97 Å². The molecule has 0 atom stereocenters. The third-order valence-electron chi connectivity index (χ3n) is 5.26. The summed E-state index contributed by atoms with van der Waals surface area (Å²) in [4.78, 5) is 35.1. The summed E-state index contributed by atoms with van der Waals surface area (Å²) in [6.45, 7) is 5.52. The van der Waals surface area contributed by atoms with Crippen LogP contribution in [0.15, 0.2) is 4.79 Å². The molecule has 1 N–H and O–H groups in total. The van der Waals surface area contributed by atoms with E-state index in [9.17, 15) is 9.59 Å². The highest BCUT2D eigenvalue weighted by Crippen LogP contribution is 2.29. The fourth-order valence-electron chi connectivity index (χ4n) is 3.79. The van der Waals surface area contributed by atoms with Crippen LogP contribution in [0, 0.1) is 12.8 Å². The Bertz CT molecular complexity index is 894. The zero-order valence-corrected chi connectivity index (χ0v) is 16.3. The van der Waals surface area contributed by atoms with E-state index in [2.05, 4.69) is 14.9 Å². The predicted octanol–water partition coefficient (Wildman–Crippen LogP) is 1.66. The van der Waals surface area contributed by atoms with Crippen LogP contribution < -0.4 is 5.56 Å². The predicted molar refractivity (Wildman–Crippen MR) is 100 cm³/mol. The van der Waals surface area contributed by atoms with Gasteiger partial charge in [-0.2, -0.15) is 0 Å². The van der Waals surface area contributed by atoms with Gasteiger partial charge in [0.25, 0.3) is 5.56 Å². The minimum absolute atomic E-state index is 0.0627. The van der Waals surface area contributed by atoms with Crippen LogP contribution >= 0.6 is 11.3 Å². The number of aryl methyl sites for hydroxylation is 1. The van der Waals surface area contributed by atoms with Crippen LogP contribution in [-0.4, -0.2) is 60.5 Å². The smallest absolute Gasteiger partial charge is 0.348 e. The van der Waals surface area contributed by atoms with Gasteiger partial charge < -0.3 is 19.2 Å². The van der Waals surface area contributed by atoms with E-state index in [0.717, 1.165) is 25.9 Å². The molecule has 2 fully saturated rings. The molecule has 2 aromatic rings. The lowest BCUT2D eigenvalue weighted by molar-refractivity contribution is -0.0978. The highest BCUT2D eigenvalue weighted by atomic mass is 32.1. The van der Waals surface area contributed by atoms with Gasteiger partial charge in [0.15, 0.2) is 6.29 Å². The van der Waals surface area contributed by atoms with Crippen molar-refractivity contribution in [1.29, 1.82) is 0 Å². The van der Waals surface area contributed by atoms with Crippen molar-refractivity contribution in [1.82, 2.24) is 14.9 Å². The van der Waals surface area contributed by atoms with Crippen molar-refractivity contribution in [3.8, 4) is 0 Å². The number of aromatic nitrogens is 2. The van der Waals surface area contributed by atoms with Crippen molar-refractivity contribution in [2.75, 3.05) is 33.4 Å². The molecule has 146 valence electrons. The number of likely N-dealkylation sites (tertiary alicyclic amines) is 1. The Labute approximate surface area is 160 Å². The van der Waals surface area contributed by atoms with E-state index in [4.69, 9.17) is 14.2 Å². The van der Waals surface area contributed by atoms with Crippen LogP contribution in [0.25, 0.3) is 10.2 Å². The molecule has 0 spiro atoms. The SMILES string of the molecule is COC(=O)c1sc2nc(CN3CCC(C4OCCO4)CC3)[nH]c(=O)c2c1C. The molecule has 2 aromatic heterocycles. The fourth-order valence-corrected chi connectivity index (χ4v) is 4.91. The molecule has 4 heterocycles. The number of esters is 1. The van der Waals surface area contributed by atoms with Gasteiger partial charge in [-0.05, 0) is 38.4 Å². The quantitative estimate of drug-likeness (QED) is 0.790. The molecule has 2 aliphatic heterocycles. The Morgan fingerprint density at radius 3 is 2.70 bits per heavy atom. The van der Waals surface area contributed by atoms with Gasteiger partial charge in [0.2, 0.25) is 0 Å². The van der Waals surface area contributed by atoms with E-state index >= 15 is 0 Å². The van der Waals surface area contributed by atoms with Crippen molar-refractivity contribution in [2.24, 2.45) is 5.92 Å². The van der Waals surface area contributed by atoms with Crippen LogP contribution in [0.2, 0.25) is 0 Å². The molecule has 0 aromatic carbocycles. The Hall–Kier alpha value is -1.81. The number of hydrogen-bond acceptors (Lipinski definition) is 8. The molecule has 9 heteroatoms. The summed E-state index contributed by atoms with van der Waals surface area (Å²) in [7, 11) is 1.33. The summed E-state index contributed by atoms with van der Waals surface area (Å²) in [5.41, 5.74) is 0.418. The number of thiophene rings is 1. The zero-order chi connectivity index (χ0) is 19.0. The molecule has 0 amide bonds. The molecular weight excluding hydrogens is 370 g/mol. The maximum Gasteiger partial charge on any atom is 0.348 e. The minimum atomic E-state index is -0.435. The number of ether oxygens (including phenoxy) is 3. The van der Waals surface area contributed by atoms with Gasteiger partial charge in [-0.25, -0.2) is 9.78 Å². The molecular formula is C18H23N3O5S. The minimum Gasteiger partial charge on any atom is -0.465 e. The van der Waals surface area contributed by atoms with Gasteiger partial charge in [0.05, 0.1) is 32.3 Å². The molecule has 0 saturated carbocycles. The highest BCUT2D eigenvalue weighted by Gasteiger charge is 2.30. The second-order valence-corrected chi connectivity index (χ2v) is 7.96. The maximum atomic E-state index is 12.5. The molecule has 27 heavy (non-hydrogen) atoms. The summed E-state index contributed by atoms with van der Waals surface area (Å²) < 4.78 is 16.0. The van der Waals surface area contributed by atoms with Crippen molar-refractivity contribution in [3.63, 3.8) is 0 Å². The highest BCUT2D eigenvalue weighted by molar-refractivity contribution is 7.20. The number of carbonyl (C=O) groups excluding carboxylic acids is 1. The monoisotopic (exact) mass is 393 g/mol. The standard InChI is InChI=1S/C18H23N3O5S/c1-10-13-15(22)19-12(20-16(13)27-14(10)17(23)24-2)9-21-5-3-11(4-6-21)18-25-7-8-26-18/h11,18H,3-9H2,1-2H3,(H,19,20,22). The zero-order valence-electron chi connectivity index (χ0n) is 15.4. The van der Waals surface area contributed by atoms with Crippen LogP contribution in [0.1, 0.15) is 33.9 Å². The summed E-state index contributed by atoms with van der Waals surface area (Å²) in [5.74, 6) is 0.618. The van der Waals surface area contributed by atoms with Crippen LogP contribution in [0.5, 0.6) is 0 Å². The Balaban J connectivity index is 1.48. The average Bonchev–Trinajstić information content (AvgIpc) is 3.30. The molecule has 0 aliphatic carbocycles. The van der Waals surface area contributed by atoms with Crippen LogP contribution in [-0.2, 0) is 20.8 Å². The summed E-state index contributed by atoms with van der Waals surface area (Å²) >= 11 is 1.21. The molecule has 0 unspecified atom stereocenters. The topological polar surface area (TPSA) is 93.8 Å². The first-order valence-electron chi connectivity index (χ1n) is 9.13. The number of carbonyl (C=O) groups is 1. The molecule has 0 radical (unpaired) electrons. The number of methoxy groups -OCH3 is 1. The lowest BCUT2D eigenvalue weighted by atomic mass is 9.96. The van der Waals surface area contributed by atoms with E-state index in [1.807, 2.05) is 0 Å². The summed E-state index contributed by atoms with van der Waals surface area (Å²) in [6.07, 6.45) is 1.94. The summed E-state index contributed by atoms with van der Waals surface area (Å²) in [5, 5.41) is 0.471. The number of piperidine rings is 1. The fraction of sp³-hybridized carbons (Fsp3) is 0.611. The largest absolute Gasteiger partial charge is 0.465 e. The first-order chi connectivity index (χ1) is 13.1. The van der Waals surface area contributed by atoms with E-state index in [1.165, 1.54) is 18.4 Å². The number of fused-ring (bicyclic) bond motifs is 1. The second-order valence-electron chi connectivity index (χ2n) is 6.96. The van der Waals surface area contributed by atoms with Crippen LogP contribution in [0.3, 0.4) is 0 Å². The van der Waals surface area contributed by atoms with Gasteiger partial charge in [0, 0.05) is 5.92 Å². The number of aromatic amines is 1. The number of rotatable bonds is 4. The Morgan fingerprint density at radius 1 is 1.33 bits per heavy atom. The first kappa shape index (κ1) is 18.5. The lowest BCUT2D eigenvalue weighted by Crippen LogP contribution is -2.38. The van der Waals surface area contributed by atoms with E-state index in [0.29, 0.717) is 52.2 Å². The van der Waals surface area contributed by atoms with E-state index in [-0.39, 0.29) is 11.8 Å². The van der Waals surface area contributed by atoms with E-state index in [1.54, 1.807) is 6.92 Å². The van der Waals surface area contributed by atoms with Crippen molar-refractivity contribution < 1.29 is 19.0 Å². The van der Waals surface area contributed by atoms with E-state index < -0.39 is 5.97 Å². The van der Waals surface area contributed by atoms with Gasteiger partial charge in [-0.3, -0.25) is 9.69 Å². The third kappa shape index (κ3) is 3.64. The number of nitrogens with zero attached hydrogens (tertiary/aromatic N) is 2. The van der Waals surface area contributed by atoms with Crippen molar-refractivity contribution in [3.05, 3.63) is 26.6 Å². The number of hydrogen-bond donors (Lipinski definition) is 1. The average molecular weight is 393 g/mol. The number of nitrogens with one attached hydrogen (secondary N) is 1. The third-order valence-corrected chi connectivity index (χ3v) is 6.42.